The number of aliphatic hydroxyl groups excluding tert-OH is 1. The predicted octanol–water partition coefficient (Wildman–Crippen LogP) is 1.33. The summed E-state index contributed by atoms with van der Waals surface area (Å²) in [6.07, 6.45) is -0.663. The van der Waals surface area contributed by atoms with Crippen LogP contribution in [-0.2, 0) is 20.8 Å². The molecular formula is C13H18O4. The molecule has 1 aliphatic rings. The van der Waals surface area contributed by atoms with E-state index in [1.54, 1.807) is 0 Å². The Balaban J connectivity index is 1.78. The predicted molar refractivity (Wildman–Crippen MR) is 62.4 cm³/mol. The zero-order valence-electron chi connectivity index (χ0n) is 9.91. The van der Waals surface area contributed by atoms with Gasteiger partial charge < -0.3 is 19.3 Å². The highest BCUT2D eigenvalue weighted by atomic mass is 16.7. The standard InChI is InChI=1S/C13H18O4/c1-15-13-12(14)7-11(9-17-13)16-8-10-5-3-2-4-6-10/h2-6,11-14H,7-9H2,1H3/t11-,12-,13+/m0/s1. The molecule has 94 valence electrons. The van der Waals surface area contributed by atoms with E-state index in [4.69, 9.17) is 14.2 Å². The third-order valence-electron chi connectivity index (χ3n) is 2.83. The van der Waals surface area contributed by atoms with Crippen molar-refractivity contribution in [3.63, 3.8) is 0 Å². The number of rotatable bonds is 4. The molecule has 1 aromatic rings. The van der Waals surface area contributed by atoms with Gasteiger partial charge in [-0.1, -0.05) is 30.3 Å². The summed E-state index contributed by atoms with van der Waals surface area (Å²) in [5.74, 6) is 0. The van der Waals surface area contributed by atoms with Crippen LogP contribution in [0.3, 0.4) is 0 Å². The molecule has 0 spiro atoms. The van der Waals surface area contributed by atoms with E-state index in [0.29, 0.717) is 19.6 Å². The van der Waals surface area contributed by atoms with Crippen LogP contribution in [0.4, 0.5) is 0 Å². The van der Waals surface area contributed by atoms with Crippen LogP contribution < -0.4 is 0 Å². The van der Waals surface area contributed by atoms with Crippen LogP contribution in [0.5, 0.6) is 0 Å². The van der Waals surface area contributed by atoms with Crippen LogP contribution >= 0.6 is 0 Å². The molecule has 1 fully saturated rings. The van der Waals surface area contributed by atoms with E-state index in [1.165, 1.54) is 7.11 Å². The van der Waals surface area contributed by atoms with E-state index in [1.807, 2.05) is 30.3 Å². The van der Waals surface area contributed by atoms with Gasteiger partial charge in [0.15, 0.2) is 6.29 Å². The minimum atomic E-state index is -0.616. The first kappa shape index (κ1) is 12.5. The molecule has 4 heteroatoms. The van der Waals surface area contributed by atoms with Gasteiger partial charge in [0.25, 0.3) is 0 Å². The zero-order chi connectivity index (χ0) is 12.1. The van der Waals surface area contributed by atoms with E-state index in [0.717, 1.165) is 5.56 Å². The average molecular weight is 238 g/mol. The molecule has 1 aliphatic heterocycles. The van der Waals surface area contributed by atoms with Gasteiger partial charge in [-0.25, -0.2) is 0 Å². The molecule has 0 amide bonds. The van der Waals surface area contributed by atoms with E-state index in [-0.39, 0.29) is 6.10 Å². The molecule has 3 atom stereocenters. The number of aliphatic hydroxyl groups is 1. The van der Waals surface area contributed by atoms with Crippen molar-refractivity contribution in [2.24, 2.45) is 0 Å². The molecule has 4 nitrogen and oxygen atoms in total. The van der Waals surface area contributed by atoms with Gasteiger partial charge in [-0.3, -0.25) is 0 Å². The molecule has 17 heavy (non-hydrogen) atoms. The Morgan fingerprint density at radius 1 is 1.35 bits per heavy atom. The number of hydrogen-bond donors (Lipinski definition) is 1. The van der Waals surface area contributed by atoms with Gasteiger partial charge in [0, 0.05) is 13.5 Å². The smallest absolute Gasteiger partial charge is 0.183 e. The summed E-state index contributed by atoms with van der Waals surface area (Å²) in [5, 5.41) is 9.71. The normalized spacial score (nSPS) is 29.2. The van der Waals surface area contributed by atoms with Gasteiger partial charge >= 0.3 is 0 Å². The monoisotopic (exact) mass is 238 g/mol. The third kappa shape index (κ3) is 3.51. The van der Waals surface area contributed by atoms with Crippen LogP contribution in [0.2, 0.25) is 0 Å². The van der Waals surface area contributed by atoms with Gasteiger partial charge in [-0.15, -0.1) is 0 Å². The average Bonchev–Trinajstić information content (AvgIpc) is 2.38. The second kappa shape index (κ2) is 6.12. The van der Waals surface area contributed by atoms with Crippen LogP contribution in [0.15, 0.2) is 30.3 Å². The second-order valence-corrected chi connectivity index (χ2v) is 4.16. The van der Waals surface area contributed by atoms with Crippen molar-refractivity contribution in [1.29, 1.82) is 0 Å². The lowest BCUT2D eigenvalue weighted by Gasteiger charge is -2.32. The second-order valence-electron chi connectivity index (χ2n) is 4.16. The van der Waals surface area contributed by atoms with Crippen LogP contribution in [0, 0.1) is 0 Å². The maximum Gasteiger partial charge on any atom is 0.183 e. The Morgan fingerprint density at radius 2 is 2.12 bits per heavy atom. The van der Waals surface area contributed by atoms with Gasteiger partial charge in [0.05, 0.1) is 19.3 Å². The first-order chi connectivity index (χ1) is 8.29. The van der Waals surface area contributed by atoms with Crippen molar-refractivity contribution >= 4 is 0 Å². The quantitative estimate of drug-likeness (QED) is 0.859. The summed E-state index contributed by atoms with van der Waals surface area (Å²) in [6.45, 7) is 1.00. The Morgan fingerprint density at radius 3 is 2.76 bits per heavy atom. The molecule has 0 aliphatic carbocycles. The lowest BCUT2D eigenvalue weighted by atomic mass is 10.1. The molecule has 0 radical (unpaired) electrons. The number of hydrogen-bond acceptors (Lipinski definition) is 4. The number of ether oxygens (including phenoxy) is 3. The molecule has 0 saturated carbocycles. The van der Waals surface area contributed by atoms with Crippen molar-refractivity contribution in [3.05, 3.63) is 35.9 Å². The molecule has 1 heterocycles. The minimum absolute atomic E-state index is 0.0726. The van der Waals surface area contributed by atoms with Crippen LogP contribution in [0.25, 0.3) is 0 Å². The topological polar surface area (TPSA) is 47.9 Å². The summed E-state index contributed by atoms with van der Waals surface area (Å²) >= 11 is 0. The molecule has 1 N–H and O–H groups in total. The third-order valence-corrected chi connectivity index (χ3v) is 2.83. The Bertz CT molecular complexity index is 327. The van der Waals surface area contributed by atoms with E-state index in [9.17, 15) is 5.11 Å². The van der Waals surface area contributed by atoms with Crippen LogP contribution in [-0.4, -0.2) is 37.3 Å². The highest BCUT2D eigenvalue weighted by molar-refractivity contribution is 5.13. The first-order valence-corrected chi connectivity index (χ1v) is 5.77. The van der Waals surface area contributed by atoms with Gasteiger partial charge in [-0.05, 0) is 5.56 Å². The SMILES string of the molecule is CO[C@@H]1OC[C@@H](OCc2ccccc2)C[C@@H]1O. The molecule has 1 aromatic carbocycles. The first-order valence-electron chi connectivity index (χ1n) is 5.77. The summed E-state index contributed by atoms with van der Waals surface area (Å²) in [4.78, 5) is 0. The fourth-order valence-corrected chi connectivity index (χ4v) is 1.89. The molecule has 0 aromatic heterocycles. The number of methoxy groups -OCH3 is 1. The van der Waals surface area contributed by atoms with Gasteiger partial charge in [0.2, 0.25) is 0 Å². The van der Waals surface area contributed by atoms with Crippen molar-refractivity contribution in [1.82, 2.24) is 0 Å². The maximum atomic E-state index is 9.71. The Labute approximate surface area is 101 Å². The molecular weight excluding hydrogens is 220 g/mol. The van der Waals surface area contributed by atoms with Crippen LogP contribution in [0.1, 0.15) is 12.0 Å². The van der Waals surface area contributed by atoms with E-state index in [2.05, 4.69) is 0 Å². The largest absolute Gasteiger partial charge is 0.388 e. The highest BCUT2D eigenvalue weighted by Crippen LogP contribution is 2.18. The summed E-state index contributed by atoms with van der Waals surface area (Å²) < 4.78 is 16.0. The molecule has 0 unspecified atom stereocenters. The maximum absolute atomic E-state index is 9.71. The number of benzene rings is 1. The summed E-state index contributed by atoms with van der Waals surface area (Å²) in [7, 11) is 1.53. The van der Waals surface area contributed by atoms with E-state index >= 15 is 0 Å². The lowest BCUT2D eigenvalue weighted by molar-refractivity contribution is -0.233. The summed E-state index contributed by atoms with van der Waals surface area (Å²) in [5.41, 5.74) is 1.12. The Hall–Kier alpha value is -0.940. The zero-order valence-corrected chi connectivity index (χ0v) is 9.91. The highest BCUT2D eigenvalue weighted by Gasteiger charge is 2.30. The van der Waals surface area contributed by atoms with Crippen molar-refractivity contribution in [2.45, 2.75) is 31.5 Å². The van der Waals surface area contributed by atoms with Gasteiger partial charge in [0.1, 0.15) is 6.10 Å². The molecule has 1 saturated heterocycles. The lowest BCUT2D eigenvalue weighted by Crippen LogP contribution is -2.43. The van der Waals surface area contributed by atoms with Crippen molar-refractivity contribution in [2.75, 3.05) is 13.7 Å². The fraction of sp³-hybridized carbons (Fsp3) is 0.538. The molecule has 2 rings (SSSR count). The van der Waals surface area contributed by atoms with Gasteiger partial charge in [-0.2, -0.15) is 0 Å². The fourth-order valence-electron chi connectivity index (χ4n) is 1.89. The molecule has 0 bridgehead atoms. The van der Waals surface area contributed by atoms with Crippen molar-refractivity contribution < 1.29 is 19.3 Å². The van der Waals surface area contributed by atoms with E-state index < -0.39 is 12.4 Å². The minimum Gasteiger partial charge on any atom is -0.388 e. The van der Waals surface area contributed by atoms with Crippen molar-refractivity contribution in [3.8, 4) is 0 Å². The summed E-state index contributed by atoms with van der Waals surface area (Å²) in [6, 6.07) is 9.95. The Kier molecular flexibility index (Phi) is 4.50.